The smallest absolute Gasteiger partial charge is 0.228 e. The van der Waals surface area contributed by atoms with Gasteiger partial charge in [0.1, 0.15) is 23.4 Å². The highest BCUT2D eigenvalue weighted by Gasteiger charge is 2.31. The molecule has 6 rings (SSSR count). The van der Waals surface area contributed by atoms with Gasteiger partial charge in [-0.15, -0.1) is 0 Å². The summed E-state index contributed by atoms with van der Waals surface area (Å²) in [5.74, 6) is 1.58. The van der Waals surface area contributed by atoms with Crippen molar-refractivity contribution in [1.82, 2.24) is 14.5 Å². The molecule has 1 amide bonds. The van der Waals surface area contributed by atoms with E-state index in [1.807, 2.05) is 23.6 Å². The molecular weight excluding hydrogens is 478 g/mol. The molecule has 3 fully saturated rings. The van der Waals surface area contributed by atoms with Crippen LogP contribution in [0.25, 0.3) is 11.2 Å². The average Bonchev–Trinajstić information content (AvgIpc) is 3.75. The fraction of sp³-hybridized carbons (Fsp3) is 0.500. The van der Waals surface area contributed by atoms with Gasteiger partial charge < -0.3 is 15.4 Å². The van der Waals surface area contributed by atoms with Crippen LogP contribution in [0.3, 0.4) is 0 Å². The van der Waals surface area contributed by atoms with Gasteiger partial charge in [0.25, 0.3) is 0 Å². The summed E-state index contributed by atoms with van der Waals surface area (Å²) < 4.78 is 33.5. The molecule has 1 atom stereocenters. The molecule has 0 bridgehead atoms. The highest BCUT2D eigenvalue weighted by molar-refractivity contribution is 7.90. The molecule has 10 heteroatoms. The van der Waals surface area contributed by atoms with E-state index in [-0.39, 0.29) is 22.9 Å². The van der Waals surface area contributed by atoms with Crippen LogP contribution < -0.4 is 10.6 Å². The van der Waals surface area contributed by atoms with Crippen molar-refractivity contribution in [1.29, 1.82) is 0 Å². The third-order valence-corrected chi connectivity index (χ3v) is 8.33. The summed E-state index contributed by atoms with van der Waals surface area (Å²) in [4.78, 5) is 22.4. The number of sulfone groups is 1. The molecular formula is C26H31N5O4S. The van der Waals surface area contributed by atoms with E-state index in [1.165, 1.54) is 6.26 Å². The SMILES string of the molecule is Cc1nc2c(Nc3ccc(C4CC4)cc3S(C)(=O)=O)cc(NC(=O)C3CC3)nc2n1C1CCCCO1. The molecule has 2 aromatic heterocycles. The molecule has 2 saturated carbocycles. The maximum Gasteiger partial charge on any atom is 0.228 e. The summed E-state index contributed by atoms with van der Waals surface area (Å²) in [6.07, 6.45) is 7.93. The number of benzene rings is 1. The Morgan fingerprint density at radius 2 is 1.86 bits per heavy atom. The van der Waals surface area contributed by atoms with Crippen LogP contribution >= 0.6 is 0 Å². The molecule has 3 aliphatic rings. The molecule has 1 unspecified atom stereocenters. The van der Waals surface area contributed by atoms with E-state index in [4.69, 9.17) is 14.7 Å². The first-order chi connectivity index (χ1) is 17.3. The molecule has 0 spiro atoms. The minimum Gasteiger partial charge on any atom is -0.358 e. The minimum atomic E-state index is -3.48. The van der Waals surface area contributed by atoms with Crippen LogP contribution in [0.15, 0.2) is 29.2 Å². The van der Waals surface area contributed by atoms with E-state index in [0.717, 1.165) is 56.3 Å². The van der Waals surface area contributed by atoms with Gasteiger partial charge in [0, 0.05) is 24.8 Å². The van der Waals surface area contributed by atoms with Gasteiger partial charge in [-0.1, -0.05) is 6.07 Å². The number of carbonyl (C=O) groups excluding carboxylic acids is 1. The Kier molecular flexibility index (Phi) is 5.75. The second-order valence-corrected chi connectivity index (χ2v) is 12.3. The zero-order valence-corrected chi connectivity index (χ0v) is 21.4. The first-order valence-corrected chi connectivity index (χ1v) is 14.6. The van der Waals surface area contributed by atoms with Gasteiger partial charge in [0.15, 0.2) is 15.5 Å². The van der Waals surface area contributed by atoms with E-state index in [9.17, 15) is 13.2 Å². The Bertz CT molecular complexity index is 1450. The normalized spacial score (nSPS) is 20.4. The number of amides is 1. The van der Waals surface area contributed by atoms with Crippen molar-refractivity contribution >= 4 is 44.1 Å². The van der Waals surface area contributed by atoms with Crippen LogP contribution in [-0.4, -0.2) is 41.7 Å². The molecule has 0 radical (unpaired) electrons. The Morgan fingerprint density at radius 1 is 1.06 bits per heavy atom. The predicted octanol–water partition coefficient (Wildman–Crippen LogP) is 4.81. The fourth-order valence-corrected chi connectivity index (χ4v) is 5.81. The number of pyridine rings is 1. The zero-order valence-electron chi connectivity index (χ0n) is 20.6. The van der Waals surface area contributed by atoms with Crippen LogP contribution in [0.5, 0.6) is 0 Å². The lowest BCUT2D eigenvalue weighted by molar-refractivity contribution is -0.117. The first-order valence-electron chi connectivity index (χ1n) is 12.7. The number of aromatic nitrogens is 3. The number of aryl methyl sites for hydroxylation is 1. The van der Waals surface area contributed by atoms with Crippen molar-refractivity contribution in [3.05, 3.63) is 35.7 Å². The number of imidazole rings is 1. The number of carbonyl (C=O) groups is 1. The van der Waals surface area contributed by atoms with Crippen molar-refractivity contribution in [3.63, 3.8) is 0 Å². The lowest BCUT2D eigenvalue weighted by Crippen LogP contribution is -2.20. The van der Waals surface area contributed by atoms with Gasteiger partial charge in [-0.25, -0.2) is 18.4 Å². The summed E-state index contributed by atoms with van der Waals surface area (Å²) in [6, 6.07) is 7.33. The lowest BCUT2D eigenvalue weighted by Gasteiger charge is -2.25. The van der Waals surface area contributed by atoms with Crippen molar-refractivity contribution in [2.75, 3.05) is 23.5 Å². The van der Waals surface area contributed by atoms with Gasteiger partial charge in [0.2, 0.25) is 5.91 Å². The number of anilines is 3. The van der Waals surface area contributed by atoms with E-state index in [1.54, 1.807) is 12.1 Å². The van der Waals surface area contributed by atoms with Gasteiger partial charge in [0.05, 0.1) is 16.3 Å². The quantitative estimate of drug-likeness (QED) is 0.469. The monoisotopic (exact) mass is 509 g/mol. The van der Waals surface area contributed by atoms with E-state index in [0.29, 0.717) is 40.9 Å². The molecule has 3 aromatic rings. The Labute approximate surface area is 210 Å². The Hall–Kier alpha value is -2.98. The molecule has 1 saturated heterocycles. The lowest BCUT2D eigenvalue weighted by atomic mass is 10.1. The number of ether oxygens (including phenoxy) is 1. The van der Waals surface area contributed by atoms with Crippen molar-refractivity contribution < 1.29 is 17.9 Å². The predicted molar refractivity (Wildman–Crippen MR) is 137 cm³/mol. The van der Waals surface area contributed by atoms with Gasteiger partial charge in [-0.3, -0.25) is 9.36 Å². The third kappa shape index (κ3) is 4.59. The number of fused-ring (bicyclic) bond motifs is 1. The van der Waals surface area contributed by atoms with Crippen LogP contribution in [-0.2, 0) is 19.4 Å². The van der Waals surface area contributed by atoms with E-state index >= 15 is 0 Å². The summed E-state index contributed by atoms with van der Waals surface area (Å²) in [7, 11) is -3.48. The Morgan fingerprint density at radius 3 is 2.53 bits per heavy atom. The minimum absolute atomic E-state index is 0.0269. The molecule has 36 heavy (non-hydrogen) atoms. The number of nitrogens with zero attached hydrogens (tertiary/aromatic N) is 3. The van der Waals surface area contributed by atoms with Crippen LogP contribution in [0.1, 0.15) is 68.5 Å². The standard InChI is InChI=1S/C26H31N5O4S/c1-15-27-24-20(28-19-11-10-18(16-6-7-16)13-21(19)36(2,33)34)14-22(30-26(32)17-8-9-17)29-25(24)31(15)23-5-3-4-12-35-23/h10-11,13-14,16-17,23H,3-9,12H2,1-2H3,(H2,28,29,30,32). The molecule has 190 valence electrons. The van der Waals surface area contributed by atoms with E-state index in [2.05, 4.69) is 10.6 Å². The number of hydrogen-bond donors (Lipinski definition) is 2. The molecule has 1 aliphatic heterocycles. The summed E-state index contributed by atoms with van der Waals surface area (Å²) >= 11 is 0. The fourth-order valence-electron chi connectivity index (χ4n) is 4.94. The van der Waals surface area contributed by atoms with Gasteiger partial charge in [-0.2, -0.15) is 0 Å². The van der Waals surface area contributed by atoms with Crippen LogP contribution in [0.4, 0.5) is 17.2 Å². The maximum absolute atomic E-state index is 12.7. The Balaban J connectivity index is 1.46. The summed E-state index contributed by atoms with van der Waals surface area (Å²) in [6.45, 7) is 2.59. The average molecular weight is 510 g/mol. The topological polar surface area (TPSA) is 115 Å². The molecule has 2 N–H and O–H groups in total. The van der Waals surface area contributed by atoms with Crippen LogP contribution in [0.2, 0.25) is 0 Å². The highest BCUT2D eigenvalue weighted by atomic mass is 32.2. The first kappa shape index (κ1) is 23.4. The van der Waals surface area contributed by atoms with E-state index < -0.39 is 9.84 Å². The summed E-state index contributed by atoms with van der Waals surface area (Å²) in [5, 5.41) is 6.27. The van der Waals surface area contributed by atoms with Gasteiger partial charge in [-0.05, 0) is 75.5 Å². The maximum atomic E-state index is 12.7. The highest BCUT2D eigenvalue weighted by Crippen LogP contribution is 2.42. The molecule has 9 nitrogen and oxygen atoms in total. The molecule has 1 aromatic carbocycles. The number of hydrogen-bond acceptors (Lipinski definition) is 7. The van der Waals surface area contributed by atoms with Crippen molar-refractivity contribution in [2.24, 2.45) is 5.92 Å². The van der Waals surface area contributed by atoms with Crippen molar-refractivity contribution in [3.8, 4) is 0 Å². The second kappa shape index (κ2) is 8.85. The van der Waals surface area contributed by atoms with Gasteiger partial charge >= 0.3 is 0 Å². The summed E-state index contributed by atoms with van der Waals surface area (Å²) in [5.41, 5.74) is 3.33. The second-order valence-electron chi connectivity index (χ2n) is 10.3. The molecule has 2 aliphatic carbocycles. The number of nitrogens with one attached hydrogen (secondary N) is 2. The van der Waals surface area contributed by atoms with Crippen molar-refractivity contribution in [2.45, 2.75) is 68.9 Å². The largest absolute Gasteiger partial charge is 0.358 e. The third-order valence-electron chi connectivity index (χ3n) is 7.19. The number of rotatable bonds is 7. The zero-order chi connectivity index (χ0) is 25.0. The molecule has 3 heterocycles. The van der Waals surface area contributed by atoms with Crippen LogP contribution in [0, 0.1) is 12.8 Å².